The van der Waals surface area contributed by atoms with Gasteiger partial charge >= 0.3 is 5.97 Å². The Balaban J connectivity index is 1.40. The number of hydrogen-bond acceptors (Lipinski definition) is 7. The number of aliphatic carboxylic acids is 1. The van der Waals surface area contributed by atoms with Gasteiger partial charge in [0.05, 0.1) is 34.6 Å². The van der Waals surface area contributed by atoms with E-state index < -0.39 is 14.0 Å². The molecule has 5 aromatic rings. The van der Waals surface area contributed by atoms with Crippen LogP contribution in [0.4, 0.5) is 0 Å². The van der Waals surface area contributed by atoms with E-state index in [1.807, 2.05) is 29.7 Å². The van der Waals surface area contributed by atoms with Crippen LogP contribution in [0.15, 0.2) is 48.9 Å². The van der Waals surface area contributed by atoms with Gasteiger partial charge in [-0.2, -0.15) is 5.10 Å². The van der Waals surface area contributed by atoms with E-state index in [2.05, 4.69) is 39.7 Å². The zero-order valence-corrected chi connectivity index (χ0v) is 23.9. The maximum Gasteiger partial charge on any atom is 0.325 e. The molecule has 0 aliphatic carbocycles. The lowest BCUT2D eigenvalue weighted by molar-refractivity contribution is -0.137. The topological polar surface area (TPSA) is 117 Å². The SMILES string of the molecule is Cc1nc2ccc(Oc3ccc4ncc(-c5cnn(CC(=O)O)c5)nc4c3Cl)cc2n1COCC[Si](C)(C)C. The van der Waals surface area contributed by atoms with Gasteiger partial charge in [-0.25, -0.2) is 9.97 Å². The van der Waals surface area contributed by atoms with Gasteiger partial charge in [0.15, 0.2) is 0 Å². The molecule has 0 atom stereocenters. The Hall–Kier alpha value is -3.80. The summed E-state index contributed by atoms with van der Waals surface area (Å²) in [6.45, 7) is 9.86. The Kier molecular flexibility index (Phi) is 7.39. The molecular formula is C27H29ClN6O4Si. The number of ether oxygens (including phenoxy) is 2. The first kappa shape index (κ1) is 26.8. The lowest BCUT2D eigenvalue weighted by atomic mass is 10.2. The van der Waals surface area contributed by atoms with Crippen molar-refractivity contribution >= 4 is 47.7 Å². The van der Waals surface area contributed by atoms with E-state index in [1.54, 1.807) is 30.7 Å². The molecule has 0 amide bonds. The van der Waals surface area contributed by atoms with Crippen LogP contribution in [0.5, 0.6) is 11.5 Å². The van der Waals surface area contributed by atoms with Crippen molar-refractivity contribution in [3.63, 3.8) is 0 Å². The quantitative estimate of drug-likeness (QED) is 0.162. The molecule has 0 spiro atoms. The lowest BCUT2D eigenvalue weighted by Gasteiger charge is -2.16. The molecule has 0 unspecified atom stereocenters. The molecule has 202 valence electrons. The highest BCUT2D eigenvalue weighted by molar-refractivity contribution is 6.76. The van der Waals surface area contributed by atoms with Crippen molar-refractivity contribution in [2.24, 2.45) is 0 Å². The van der Waals surface area contributed by atoms with Crippen LogP contribution in [-0.2, 0) is 22.8 Å². The minimum atomic E-state index is -1.17. The molecule has 1 N–H and O–H groups in total. The fourth-order valence-corrected chi connectivity index (χ4v) is 5.07. The summed E-state index contributed by atoms with van der Waals surface area (Å²) in [7, 11) is -1.17. The van der Waals surface area contributed by atoms with E-state index in [1.165, 1.54) is 4.68 Å². The molecule has 3 aromatic heterocycles. The molecular weight excluding hydrogens is 536 g/mol. The summed E-state index contributed by atoms with van der Waals surface area (Å²) in [4.78, 5) is 24.8. The molecule has 0 fully saturated rings. The highest BCUT2D eigenvalue weighted by atomic mass is 35.5. The second-order valence-corrected chi connectivity index (χ2v) is 16.5. The number of nitrogens with zero attached hydrogens (tertiary/aromatic N) is 6. The van der Waals surface area contributed by atoms with Crippen molar-refractivity contribution in [1.82, 2.24) is 29.3 Å². The number of imidazole rings is 1. The highest BCUT2D eigenvalue weighted by Gasteiger charge is 2.16. The van der Waals surface area contributed by atoms with E-state index in [0.29, 0.717) is 45.5 Å². The summed E-state index contributed by atoms with van der Waals surface area (Å²) in [5, 5.41) is 13.4. The largest absolute Gasteiger partial charge is 0.480 e. The maximum atomic E-state index is 11.0. The van der Waals surface area contributed by atoms with Gasteiger partial charge in [0.25, 0.3) is 0 Å². The van der Waals surface area contributed by atoms with E-state index in [0.717, 1.165) is 29.5 Å². The van der Waals surface area contributed by atoms with E-state index in [4.69, 9.17) is 26.2 Å². The molecule has 10 nitrogen and oxygen atoms in total. The number of aromatic nitrogens is 6. The molecule has 3 heterocycles. The number of halogens is 1. The number of hydrogen-bond donors (Lipinski definition) is 1. The lowest BCUT2D eigenvalue weighted by Crippen LogP contribution is -2.22. The molecule has 0 saturated carbocycles. The fourth-order valence-electron chi connectivity index (χ4n) is 4.08. The van der Waals surface area contributed by atoms with Crippen molar-refractivity contribution in [1.29, 1.82) is 0 Å². The van der Waals surface area contributed by atoms with Gasteiger partial charge in [0.1, 0.15) is 41.1 Å². The highest BCUT2D eigenvalue weighted by Crippen LogP contribution is 2.36. The van der Waals surface area contributed by atoms with E-state index in [9.17, 15) is 4.79 Å². The van der Waals surface area contributed by atoms with Gasteiger partial charge in [-0.1, -0.05) is 31.2 Å². The third-order valence-corrected chi connectivity index (χ3v) is 8.27. The van der Waals surface area contributed by atoms with Crippen molar-refractivity contribution in [3.8, 4) is 22.8 Å². The number of carbonyl (C=O) groups is 1. The average Bonchev–Trinajstić information content (AvgIpc) is 3.46. The van der Waals surface area contributed by atoms with Gasteiger partial charge in [0.2, 0.25) is 0 Å². The van der Waals surface area contributed by atoms with Crippen LogP contribution in [0.25, 0.3) is 33.3 Å². The van der Waals surface area contributed by atoms with Crippen molar-refractivity contribution in [2.75, 3.05) is 6.61 Å². The number of aryl methyl sites for hydroxylation is 1. The molecule has 5 rings (SSSR count). The molecule has 0 saturated heterocycles. The number of carboxylic acid groups (broad SMARTS) is 1. The third kappa shape index (κ3) is 6.11. The van der Waals surface area contributed by atoms with Crippen molar-refractivity contribution in [3.05, 3.63) is 59.8 Å². The van der Waals surface area contributed by atoms with Crippen LogP contribution in [0.1, 0.15) is 5.82 Å². The van der Waals surface area contributed by atoms with Crippen LogP contribution < -0.4 is 4.74 Å². The van der Waals surface area contributed by atoms with Crippen molar-refractivity contribution in [2.45, 2.75) is 45.9 Å². The molecule has 0 bridgehead atoms. The Labute approximate surface area is 231 Å². The summed E-state index contributed by atoms with van der Waals surface area (Å²) in [6, 6.07) is 10.3. The standard InChI is InChI=1S/C27H29ClN6O4Si/c1-17-31-20-6-5-19(11-23(20)34(17)16-37-9-10-39(2,3)4)38-24-8-7-21-27(26(24)28)32-22(13-29-21)18-12-30-33(14-18)15-25(35)36/h5-8,11-14H,9-10,15-16H2,1-4H3,(H,35,36). The predicted octanol–water partition coefficient (Wildman–Crippen LogP) is 5.99. The van der Waals surface area contributed by atoms with Gasteiger partial charge in [-0.3, -0.25) is 14.5 Å². The summed E-state index contributed by atoms with van der Waals surface area (Å²) in [5.74, 6) is 0.926. The minimum Gasteiger partial charge on any atom is -0.480 e. The summed E-state index contributed by atoms with van der Waals surface area (Å²) < 4.78 is 15.5. The van der Waals surface area contributed by atoms with Gasteiger partial charge in [0, 0.05) is 32.5 Å². The van der Waals surface area contributed by atoms with E-state index >= 15 is 0 Å². The Morgan fingerprint density at radius 2 is 1.90 bits per heavy atom. The molecule has 0 aliphatic rings. The Morgan fingerprint density at radius 1 is 1.10 bits per heavy atom. The van der Waals surface area contributed by atoms with Crippen LogP contribution in [0.2, 0.25) is 30.7 Å². The second-order valence-electron chi connectivity index (χ2n) is 10.5. The zero-order valence-electron chi connectivity index (χ0n) is 22.2. The Morgan fingerprint density at radius 3 is 2.67 bits per heavy atom. The number of rotatable bonds is 10. The monoisotopic (exact) mass is 564 g/mol. The summed E-state index contributed by atoms with van der Waals surface area (Å²) in [5.41, 5.74) is 4.00. The Bertz CT molecular complexity index is 1680. The predicted molar refractivity (Wildman–Crippen MR) is 152 cm³/mol. The number of fused-ring (bicyclic) bond motifs is 2. The molecule has 12 heteroatoms. The van der Waals surface area contributed by atoms with Gasteiger partial charge < -0.3 is 19.1 Å². The molecule has 39 heavy (non-hydrogen) atoms. The van der Waals surface area contributed by atoms with Crippen LogP contribution in [0, 0.1) is 6.92 Å². The van der Waals surface area contributed by atoms with Crippen LogP contribution in [-0.4, -0.2) is 55.1 Å². The minimum absolute atomic E-state index is 0.243. The van der Waals surface area contributed by atoms with Crippen LogP contribution >= 0.6 is 11.6 Å². The van der Waals surface area contributed by atoms with Gasteiger partial charge in [-0.15, -0.1) is 0 Å². The third-order valence-electron chi connectivity index (χ3n) is 6.20. The molecule has 0 aliphatic heterocycles. The molecule has 0 radical (unpaired) electrons. The summed E-state index contributed by atoms with van der Waals surface area (Å²) >= 11 is 6.74. The number of benzene rings is 2. The van der Waals surface area contributed by atoms with E-state index in [-0.39, 0.29) is 6.54 Å². The smallest absolute Gasteiger partial charge is 0.325 e. The first-order valence-electron chi connectivity index (χ1n) is 12.5. The average molecular weight is 565 g/mol. The first-order valence-corrected chi connectivity index (χ1v) is 16.6. The zero-order chi connectivity index (χ0) is 27.7. The summed E-state index contributed by atoms with van der Waals surface area (Å²) in [6.07, 6.45) is 4.75. The first-order chi connectivity index (χ1) is 18.6. The fraction of sp³-hybridized carbons (Fsp3) is 0.296. The maximum absolute atomic E-state index is 11.0. The second kappa shape index (κ2) is 10.8. The normalized spacial score (nSPS) is 11.9. The van der Waals surface area contributed by atoms with Crippen molar-refractivity contribution < 1.29 is 19.4 Å². The van der Waals surface area contributed by atoms with Crippen LogP contribution in [0.3, 0.4) is 0 Å². The number of carboxylic acids is 1. The van der Waals surface area contributed by atoms with Gasteiger partial charge in [-0.05, 0) is 37.2 Å². The molecule has 2 aromatic carbocycles.